The third-order valence-electron chi connectivity index (χ3n) is 5.04. The van der Waals surface area contributed by atoms with E-state index in [9.17, 15) is 25.2 Å². The lowest BCUT2D eigenvalue weighted by atomic mass is 9.95. The molecule has 0 radical (unpaired) electrons. The molecule has 0 unspecified atom stereocenters. The number of carbonyl (C=O) groups excluding carboxylic acids is 1. The van der Waals surface area contributed by atoms with E-state index >= 15 is 0 Å². The van der Waals surface area contributed by atoms with Crippen molar-refractivity contribution >= 4 is 39.1 Å². The summed E-state index contributed by atoms with van der Waals surface area (Å²) < 4.78 is 6.32. The molecule has 31 heavy (non-hydrogen) atoms. The van der Waals surface area contributed by atoms with Crippen molar-refractivity contribution in [1.29, 1.82) is 0 Å². The zero-order chi connectivity index (χ0) is 22.1. The highest BCUT2D eigenvalue weighted by molar-refractivity contribution is 7.18. The second kappa shape index (κ2) is 9.13. The summed E-state index contributed by atoms with van der Waals surface area (Å²) in [6.07, 6.45) is -4.77. The van der Waals surface area contributed by atoms with E-state index in [1.807, 2.05) is 0 Å². The minimum atomic E-state index is -1.48. The number of thiazole rings is 1. The Morgan fingerprint density at radius 3 is 2.68 bits per heavy atom. The van der Waals surface area contributed by atoms with Gasteiger partial charge in [0.25, 0.3) is 5.91 Å². The van der Waals surface area contributed by atoms with Crippen LogP contribution in [-0.4, -0.2) is 67.3 Å². The molecular weight excluding hydrogens is 446 g/mol. The van der Waals surface area contributed by atoms with Crippen molar-refractivity contribution in [2.75, 3.05) is 6.61 Å². The summed E-state index contributed by atoms with van der Waals surface area (Å²) in [4.78, 5) is 20.9. The normalized spacial score (nSPS) is 26.2. The lowest BCUT2D eigenvalue weighted by Crippen LogP contribution is -2.55. The molecule has 164 valence electrons. The maximum Gasteiger partial charge on any atom is 0.251 e. The van der Waals surface area contributed by atoms with Gasteiger partial charge in [-0.05, 0) is 29.8 Å². The van der Waals surface area contributed by atoms with Crippen LogP contribution in [0.25, 0.3) is 10.2 Å². The number of nitrogens with zero attached hydrogens (tertiary/aromatic N) is 2. The third-order valence-corrected chi connectivity index (χ3v) is 6.37. The summed E-state index contributed by atoms with van der Waals surface area (Å²) in [5, 5.41) is 43.2. The maximum atomic E-state index is 12.5. The molecule has 1 aliphatic heterocycles. The van der Waals surface area contributed by atoms with E-state index in [2.05, 4.69) is 15.3 Å². The third kappa shape index (κ3) is 4.55. The molecule has 5 atom stereocenters. The second-order valence-corrected chi connectivity index (χ2v) is 8.61. The van der Waals surface area contributed by atoms with Crippen molar-refractivity contribution in [1.82, 2.24) is 15.3 Å². The van der Waals surface area contributed by atoms with Crippen molar-refractivity contribution in [2.45, 2.75) is 37.1 Å². The second-order valence-electron chi connectivity index (χ2n) is 7.16. The summed E-state index contributed by atoms with van der Waals surface area (Å²) in [6, 6.07) is 8.43. The fraction of sp³-hybridized carbons (Fsp3) is 0.350. The molecule has 0 aliphatic carbocycles. The van der Waals surface area contributed by atoms with Crippen molar-refractivity contribution in [3.05, 3.63) is 57.8 Å². The number of fused-ring (bicyclic) bond motifs is 1. The van der Waals surface area contributed by atoms with Crippen LogP contribution in [0.4, 0.5) is 0 Å². The molecule has 1 aliphatic rings. The first-order valence-electron chi connectivity index (χ1n) is 9.47. The summed E-state index contributed by atoms with van der Waals surface area (Å²) >= 11 is 6.99. The highest BCUT2D eigenvalue weighted by Crippen LogP contribution is 2.36. The Hall–Kier alpha value is -2.18. The lowest BCUT2D eigenvalue weighted by Gasteiger charge is -2.39. The van der Waals surface area contributed by atoms with Gasteiger partial charge in [-0.3, -0.25) is 4.79 Å². The number of ether oxygens (including phenoxy) is 1. The predicted octanol–water partition coefficient (Wildman–Crippen LogP) is 0.790. The number of hydrogen-bond donors (Lipinski definition) is 5. The van der Waals surface area contributed by atoms with Gasteiger partial charge >= 0.3 is 0 Å². The standard InChI is InChI=1S/C20H20ClN3O6S/c21-14-4-1-9(6-22-14)7-23-19(29)10-2-3-13-11(5-10)24-20(31-13)18-17(28)16(27)15(26)12(8-25)30-18/h1-6,12,15-18,25-28H,7-8H2,(H,23,29)/t12-,15+,16+,17-,18-/m1/s1. The van der Waals surface area contributed by atoms with Crippen LogP contribution in [-0.2, 0) is 11.3 Å². The van der Waals surface area contributed by atoms with Gasteiger partial charge in [0.15, 0.2) is 0 Å². The summed E-state index contributed by atoms with van der Waals surface area (Å²) in [6.45, 7) is -0.228. The lowest BCUT2D eigenvalue weighted by molar-refractivity contribution is -0.231. The summed E-state index contributed by atoms with van der Waals surface area (Å²) in [5.41, 5.74) is 1.73. The molecule has 1 saturated heterocycles. The molecule has 11 heteroatoms. The Morgan fingerprint density at radius 2 is 1.97 bits per heavy atom. The molecular formula is C20H20ClN3O6S. The predicted molar refractivity (Wildman–Crippen MR) is 113 cm³/mol. The van der Waals surface area contributed by atoms with Crippen molar-refractivity contribution in [3.8, 4) is 0 Å². The average molecular weight is 466 g/mol. The number of carbonyl (C=O) groups is 1. The van der Waals surface area contributed by atoms with Gasteiger partial charge in [0.05, 0.1) is 16.8 Å². The van der Waals surface area contributed by atoms with Gasteiger partial charge in [-0.2, -0.15) is 0 Å². The van der Waals surface area contributed by atoms with Crippen LogP contribution in [0.1, 0.15) is 27.0 Å². The van der Waals surface area contributed by atoms with E-state index in [4.69, 9.17) is 16.3 Å². The van der Waals surface area contributed by atoms with E-state index in [1.165, 1.54) is 11.3 Å². The molecule has 3 heterocycles. The molecule has 0 spiro atoms. The first-order chi connectivity index (χ1) is 14.9. The number of pyridine rings is 1. The van der Waals surface area contributed by atoms with Crippen LogP contribution in [0, 0.1) is 0 Å². The number of nitrogens with one attached hydrogen (secondary N) is 1. The first-order valence-corrected chi connectivity index (χ1v) is 10.7. The number of benzene rings is 1. The maximum absolute atomic E-state index is 12.5. The van der Waals surface area contributed by atoms with E-state index in [0.29, 0.717) is 21.2 Å². The summed E-state index contributed by atoms with van der Waals surface area (Å²) in [7, 11) is 0. The van der Waals surface area contributed by atoms with Crippen molar-refractivity contribution < 1.29 is 30.0 Å². The summed E-state index contributed by atoms with van der Waals surface area (Å²) in [5.74, 6) is -0.292. The van der Waals surface area contributed by atoms with Gasteiger partial charge in [-0.25, -0.2) is 9.97 Å². The Balaban J connectivity index is 1.51. The van der Waals surface area contributed by atoms with Crippen LogP contribution < -0.4 is 5.32 Å². The van der Waals surface area contributed by atoms with Gasteiger partial charge in [-0.1, -0.05) is 17.7 Å². The molecule has 2 aromatic heterocycles. The molecule has 0 bridgehead atoms. The van der Waals surface area contributed by atoms with Crippen molar-refractivity contribution in [2.24, 2.45) is 0 Å². The molecule has 1 amide bonds. The molecule has 9 nitrogen and oxygen atoms in total. The number of aromatic nitrogens is 2. The number of amides is 1. The van der Waals surface area contributed by atoms with Crippen molar-refractivity contribution in [3.63, 3.8) is 0 Å². The minimum absolute atomic E-state index is 0.286. The van der Waals surface area contributed by atoms with E-state index in [0.717, 1.165) is 10.3 Å². The number of halogens is 1. The number of aliphatic hydroxyl groups excluding tert-OH is 4. The average Bonchev–Trinajstić information content (AvgIpc) is 3.20. The quantitative estimate of drug-likeness (QED) is 0.348. The topological polar surface area (TPSA) is 145 Å². The number of rotatable bonds is 5. The van der Waals surface area contributed by atoms with Gasteiger partial charge in [0.2, 0.25) is 0 Å². The minimum Gasteiger partial charge on any atom is -0.394 e. The Labute approximate surface area is 185 Å². The van der Waals surface area contributed by atoms with E-state index in [-0.39, 0.29) is 12.5 Å². The van der Waals surface area contributed by atoms with Gasteiger partial charge in [0, 0.05) is 18.3 Å². The highest BCUT2D eigenvalue weighted by Gasteiger charge is 2.45. The smallest absolute Gasteiger partial charge is 0.251 e. The van der Waals surface area contributed by atoms with Gasteiger partial charge in [-0.15, -0.1) is 11.3 Å². The molecule has 4 rings (SSSR count). The number of hydrogen-bond acceptors (Lipinski definition) is 9. The fourth-order valence-electron chi connectivity index (χ4n) is 3.31. The molecule has 3 aromatic rings. The monoisotopic (exact) mass is 465 g/mol. The largest absolute Gasteiger partial charge is 0.394 e. The highest BCUT2D eigenvalue weighted by atomic mass is 35.5. The molecule has 5 N–H and O–H groups in total. The van der Waals surface area contributed by atoms with Crippen LogP contribution in [0.5, 0.6) is 0 Å². The van der Waals surface area contributed by atoms with Gasteiger partial charge in [0.1, 0.15) is 40.7 Å². The Morgan fingerprint density at radius 1 is 1.16 bits per heavy atom. The fourth-order valence-corrected chi connectivity index (χ4v) is 4.45. The SMILES string of the molecule is O=C(NCc1ccc(Cl)nc1)c1ccc2sc([C@@H]3O[C@H](CO)[C@H](O)[C@H](O)[C@H]3O)nc2c1. The zero-order valence-corrected chi connectivity index (χ0v) is 17.6. The Kier molecular flexibility index (Phi) is 6.49. The first kappa shape index (κ1) is 22.0. The number of aliphatic hydroxyl groups is 4. The Bertz CT molecular complexity index is 1080. The molecule has 0 saturated carbocycles. The van der Waals surface area contributed by atoms with Crippen LogP contribution in [0.2, 0.25) is 5.15 Å². The molecule has 1 fully saturated rings. The zero-order valence-electron chi connectivity index (χ0n) is 16.1. The van der Waals surface area contributed by atoms with E-state index in [1.54, 1.807) is 36.5 Å². The van der Waals surface area contributed by atoms with E-state index < -0.39 is 37.1 Å². The van der Waals surface area contributed by atoms with Crippen LogP contribution >= 0.6 is 22.9 Å². The molecule has 1 aromatic carbocycles. The van der Waals surface area contributed by atoms with Gasteiger partial charge < -0.3 is 30.5 Å². The van der Waals surface area contributed by atoms with Crippen LogP contribution in [0.15, 0.2) is 36.5 Å². The van der Waals surface area contributed by atoms with Crippen LogP contribution in [0.3, 0.4) is 0 Å².